The summed E-state index contributed by atoms with van der Waals surface area (Å²) in [5.41, 5.74) is 0. The third-order valence-corrected chi connectivity index (χ3v) is 2.56. The Morgan fingerprint density at radius 1 is 1.43 bits per heavy atom. The van der Waals surface area contributed by atoms with Gasteiger partial charge in [-0.3, -0.25) is 9.59 Å². The van der Waals surface area contributed by atoms with E-state index in [2.05, 4.69) is 0 Å². The molecule has 0 aromatic heterocycles. The third kappa shape index (κ3) is 3.73. The number of hydrogen-bond donors (Lipinski definition) is 1. The first-order valence-corrected chi connectivity index (χ1v) is 5.09. The van der Waals surface area contributed by atoms with Gasteiger partial charge >= 0.3 is 5.97 Å². The normalized spacial score (nSPS) is 22.9. The monoisotopic (exact) mass is 196 g/mol. The largest absolute Gasteiger partial charge is 0.481 e. The zero-order valence-electron chi connectivity index (χ0n) is 8.24. The summed E-state index contributed by atoms with van der Waals surface area (Å²) in [6.07, 6.45) is 8.05. The summed E-state index contributed by atoms with van der Waals surface area (Å²) in [5, 5.41) is 8.38. The number of carbonyl (C=O) groups is 2. The van der Waals surface area contributed by atoms with E-state index in [0.717, 1.165) is 19.3 Å². The molecule has 0 aliphatic heterocycles. The van der Waals surface area contributed by atoms with E-state index in [1.54, 1.807) is 6.08 Å². The van der Waals surface area contributed by atoms with Crippen LogP contribution in [-0.2, 0) is 9.59 Å². The SMILES string of the molecule is O=C(O)C/C=C/CC1CCCCC1=O. The summed E-state index contributed by atoms with van der Waals surface area (Å²) in [4.78, 5) is 21.6. The summed E-state index contributed by atoms with van der Waals surface area (Å²) in [6, 6.07) is 0. The molecule has 1 fully saturated rings. The molecule has 0 aromatic rings. The van der Waals surface area contributed by atoms with Crippen LogP contribution < -0.4 is 0 Å². The van der Waals surface area contributed by atoms with Crippen LogP contribution in [0.2, 0.25) is 0 Å². The Balaban J connectivity index is 2.25. The van der Waals surface area contributed by atoms with Crippen molar-refractivity contribution in [1.29, 1.82) is 0 Å². The highest BCUT2D eigenvalue weighted by molar-refractivity contribution is 5.81. The van der Waals surface area contributed by atoms with Crippen LogP contribution in [0, 0.1) is 5.92 Å². The second-order valence-corrected chi connectivity index (χ2v) is 3.71. The fourth-order valence-corrected chi connectivity index (χ4v) is 1.75. The lowest BCUT2D eigenvalue weighted by Crippen LogP contribution is -2.18. The number of hydrogen-bond acceptors (Lipinski definition) is 2. The van der Waals surface area contributed by atoms with Gasteiger partial charge in [0.05, 0.1) is 6.42 Å². The molecule has 1 saturated carbocycles. The first-order chi connectivity index (χ1) is 6.70. The number of Topliss-reactive ketones (excluding diaryl/α,β-unsaturated/α-hetero) is 1. The lowest BCUT2D eigenvalue weighted by molar-refractivity contribution is -0.136. The maximum atomic E-state index is 11.4. The number of ketones is 1. The Bertz CT molecular complexity index is 243. The predicted octanol–water partition coefficient (Wildman–Crippen LogP) is 2.17. The van der Waals surface area contributed by atoms with E-state index in [1.165, 1.54) is 0 Å². The van der Waals surface area contributed by atoms with Crippen LogP contribution in [0.5, 0.6) is 0 Å². The van der Waals surface area contributed by atoms with Gasteiger partial charge in [0.25, 0.3) is 0 Å². The molecule has 0 bridgehead atoms. The number of rotatable bonds is 4. The quantitative estimate of drug-likeness (QED) is 0.701. The third-order valence-electron chi connectivity index (χ3n) is 2.56. The molecule has 1 aliphatic carbocycles. The first-order valence-electron chi connectivity index (χ1n) is 5.09. The molecular weight excluding hydrogens is 180 g/mol. The van der Waals surface area contributed by atoms with Crippen molar-refractivity contribution in [1.82, 2.24) is 0 Å². The molecule has 3 nitrogen and oxygen atoms in total. The van der Waals surface area contributed by atoms with E-state index in [1.807, 2.05) is 6.08 Å². The summed E-state index contributed by atoms with van der Waals surface area (Å²) in [6.45, 7) is 0. The highest BCUT2D eigenvalue weighted by Gasteiger charge is 2.20. The summed E-state index contributed by atoms with van der Waals surface area (Å²) in [5.74, 6) is -0.332. The van der Waals surface area contributed by atoms with Gasteiger partial charge in [0.1, 0.15) is 5.78 Å². The van der Waals surface area contributed by atoms with Crippen molar-refractivity contribution in [2.45, 2.75) is 38.5 Å². The topological polar surface area (TPSA) is 54.4 Å². The van der Waals surface area contributed by atoms with E-state index >= 15 is 0 Å². The average molecular weight is 196 g/mol. The molecule has 0 heterocycles. The van der Waals surface area contributed by atoms with Crippen LogP contribution >= 0.6 is 0 Å². The van der Waals surface area contributed by atoms with Crippen molar-refractivity contribution in [3.8, 4) is 0 Å². The minimum absolute atomic E-state index is 0.0565. The van der Waals surface area contributed by atoms with E-state index in [-0.39, 0.29) is 12.3 Å². The molecule has 0 radical (unpaired) electrons. The molecule has 0 amide bonds. The fourth-order valence-electron chi connectivity index (χ4n) is 1.75. The number of carboxylic acids is 1. The molecule has 1 N–H and O–H groups in total. The molecule has 1 atom stereocenters. The Morgan fingerprint density at radius 2 is 2.21 bits per heavy atom. The highest BCUT2D eigenvalue weighted by atomic mass is 16.4. The van der Waals surface area contributed by atoms with Gasteiger partial charge in [-0.05, 0) is 19.3 Å². The molecule has 1 aliphatic rings. The van der Waals surface area contributed by atoms with Gasteiger partial charge in [-0.2, -0.15) is 0 Å². The molecule has 1 rings (SSSR count). The molecule has 1 unspecified atom stereocenters. The van der Waals surface area contributed by atoms with Crippen molar-refractivity contribution in [3.05, 3.63) is 12.2 Å². The maximum Gasteiger partial charge on any atom is 0.307 e. The number of aliphatic carboxylic acids is 1. The number of carbonyl (C=O) groups excluding carboxylic acids is 1. The maximum absolute atomic E-state index is 11.4. The molecule has 78 valence electrons. The standard InChI is InChI=1S/C11H16O3/c12-10-7-3-1-5-9(10)6-2-4-8-11(13)14/h2,4,9H,1,3,5-8H2,(H,13,14)/b4-2+. The Hall–Kier alpha value is -1.12. The second-order valence-electron chi connectivity index (χ2n) is 3.71. The molecule has 14 heavy (non-hydrogen) atoms. The fraction of sp³-hybridized carbons (Fsp3) is 0.636. The average Bonchev–Trinajstić information content (AvgIpc) is 2.15. The lowest BCUT2D eigenvalue weighted by Gasteiger charge is -2.18. The van der Waals surface area contributed by atoms with Crippen molar-refractivity contribution >= 4 is 11.8 Å². The van der Waals surface area contributed by atoms with Crippen LogP contribution in [0.4, 0.5) is 0 Å². The first kappa shape index (κ1) is 11.0. The number of allylic oxidation sites excluding steroid dienone is 1. The van der Waals surface area contributed by atoms with Gasteiger partial charge in [-0.15, -0.1) is 0 Å². The molecular formula is C11H16O3. The van der Waals surface area contributed by atoms with Gasteiger partial charge < -0.3 is 5.11 Å². The Labute approximate surface area is 83.8 Å². The van der Waals surface area contributed by atoms with E-state index in [4.69, 9.17) is 5.11 Å². The molecule has 0 aromatic carbocycles. The van der Waals surface area contributed by atoms with Gasteiger partial charge in [-0.25, -0.2) is 0 Å². The van der Waals surface area contributed by atoms with Gasteiger partial charge in [-0.1, -0.05) is 18.6 Å². The van der Waals surface area contributed by atoms with Crippen LogP contribution in [0.3, 0.4) is 0 Å². The highest BCUT2D eigenvalue weighted by Crippen LogP contribution is 2.23. The number of carboxylic acid groups (broad SMARTS) is 1. The van der Waals surface area contributed by atoms with Gasteiger partial charge in [0.15, 0.2) is 0 Å². The predicted molar refractivity (Wildman–Crippen MR) is 53.0 cm³/mol. The molecule has 0 spiro atoms. The minimum atomic E-state index is -0.823. The second kappa shape index (κ2) is 5.58. The van der Waals surface area contributed by atoms with Crippen LogP contribution in [0.15, 0.2) is 12.2 Å². The molecule has 0 saturated heterocycles. The zero-order chi connectivity index (χ0) is 10.4. The van der Waals surface area contributed by atoms with Crippen molar-refractivity contribution in [3.63, 3.8) is 0 Å². The van der Waals surface area contributed by atoms with Gasteiger partial charge in [0.2, 0.25) is 0 Å². The minimum Gasteiger partial charge on any atom is -0.481 e. The van der Waals surface area contributed by atoms with Crippen LogP contribution in [-0.4, -0.2) is 16.9 Å². The summed E-state index contributed by atoms with van der Waals surface area (Å²) in [7, 11) is 0. The summed E-state index contributed by atoms with van der Waals surface area (Å²) >= 11 is 0. The Kier molecular flexibility index (Phi) is 4.36. The van der Waals surface area contributed by atoms with Gasteiger partial charge in [0, 0.05) is 12.3 Å². The smallest absolute Gasteiger partial charge is 0.307 e. The zero-order valence-corrected chi connectivity index (χ0v) is 8.24. The van der Waals surface area contributed by atoms with E-state index < -0.39 is 5.97 Å². The van der Waals surface area contributed by atoms with Crippen LogP contribution in [0.25, 0.3) is 0 Å². The Morgan fingerprint density at radius 3 is 2.86 bits per heavy atom. The van der Waals surface area contributed by atoms with Crippen molar-refractivity contribution < 1.29 is 14.7 Å². The van der Waals surface area contributed by atoms with Crippen molar-refractivity contribution in [2.75, 3.05) is 0 Å². The van der Waals surface area contributed by atoms with Crippen LogP contribution in [0.1, 0.15) is 38.5 Å². The van der Waals surface area contributed by atoms with E-state index in [9.17, 15) is 9.59 Å². The molecule has 3 heteroatoms. The summed E-state index contributed by atoms with van der Waals surface area (Å²) < 4.78 is 0. The van der Waals surface area contributed by atoms with Crippen molar-refractivity contribution in [2.24, 2.45) is 5.92 Å². The lowest BCUT2D eigenvalue weighted by atomic mass is 9.86. The van der Waals surface area contributed by atoms with E-state index in [0.29, 0.717) is 18.6 Å².